The summed E-state index contributed by atoms with van der Waals surface area (Å²) in [5.74, 6) is -0.0279. The fourth-order valence-electron chi connectivity index (χ4n) is 2.37. The highest BCUT2D eigenvalue weighted by molar-refractivity contribution is 9.11. The van der Waals surface area contributed by atoms with Crippen LogP contribution in [0.15, 0.2) is 27.1 Å². The monoisotopic (exact) mass is 388 g/mol. The summed E-state index contributed by atoms with van der Waals surface area (Å²) < 4.78 is 1.73. The van der Waals surface area contributed by atoms with Crippen LogP contribution in [0.5, 0.6) is 0 Å². The van der Waals surface area contributed by atoms with Gasteiger partial charge >= 0.3 is 0 Å². The zero-order valence-electron chi connectivity index (χ0n) is 11.0. The van der Waals surface area contributed by atoms with Gasteiger partial charge in [-0.25, -0.2) is 0 Å². The number of rotatable bonds is 4. The molecule has 1 heterocycles. The van der Waals surface area contributed by atoms with E-state index in [1.807, 2.05) is 18.2 Å². The second-order valence-electron chi connectivity index (χ2n) is 5.01. The molecule has 1 N–H and O–H groups in total. The van der Waals surface area contributed by atoms with Crippen LogP contribution in [-0.4, -0.2) is 36.5 Å². The molecular weight excluding hydrogens is 372 g/mol. The number of nitrogens with zero attached hydrogens (tertiary/aromatic N) is 1. The summed E-state index contributed by atoms with van der Waals surface area (Å²) in [6, 6.07) is 5.79. The van der Waals surface area contributed by atoms with Crippen molar-refractivity contribution in [3.63, 3.8) is 0 Å². The molecule has 5 heteroatoms. The van der Waals surface area contributed by atoms with E-state index in [1.54, 1.807) is 0 Å². The Labute approximate surface area is 131 Å². The third kappa shape index (κ3) is 4.29. The van der Waals surface area contributed by atoms with Crippen LogP contribution in [0.1, 0.15) is 30.1 Å². The van der Waals surface area contributed by atoms with Crippen LogP contribution < -0.4 is 5.32 Å². The number of hydrogen-bond acceptors (Lipinski definition) is 2. The van der Waals surface area contributed by atoms with Gasteiger partial charge in [0.05, 0.1) is 5.56 Å². The van der Waals surface area contributed by atoms with Gasteiger partial charge in [0.25, 0.3) is 5.91 Å². The second kappa shape index (κ2) is 6.86. The second-order valence-corrected chi connectivity index (χ2v) is 6.78. The highest BCUT2D eigenvalue weighted by Gasteiger charge is 2.17. The van der Waals surface area contributed by atoms with Crippen LogP contribution >= 0.6 is 31.9 Å². The lowest BCUT2D eigenvalue weighted by atomic mass is 10.2. The van der Waals surface area contributed by atoms with Crippen molar-refractivity contribution in [2.75, 3.05) is 19.6 Å². The van der Waals surface area contributed by atoms with Crippen molar-refractivity contribution in [3.8, 4) is 0 Å². The Balaban J connectivity index is 1.94. The molecule has 1 aromatic rings. The Kier molecular flexibility index (Phi) is 5.42. The Hall–Kier alpha value is -0.390. The minimum atomic E-state index is -0.0279. The first-order chi connectivity index (χ1) is 9.06. The van der Waals surface area contributed by atoms with E-state index in [9.17, 15) is 4.79 Å². The molecule has 0 aromatic heterocycles. The van der Waals surface area contributed by atoms with Crippen molar-refractivity contribution < 1.29 is 4.79 Å². The highest BCUT2D eigenvalue weighted by atomic mass is 79.9. The quantitative estimate of drug-likeness (QED) is 0.855. The first kappa shape index (κ1) is 15.0. The van der Waals surface area contributed by atoms with Crippen LogP contribution in [-0.2, 0) is 0 Å². The first-order valence-electron chi connectivity index (χ1n) is 6.54. The lowest BCUT2D eigenvalue weighted by Crippen LogP contribution is -2.41. The minimum absolute atomic E-state index is 0.0279. The zero-order chi connectivity index (χ0) is 13.8. The summed E-state index contributed by atoms with van der Waals surface area (Å²) in [5, 5.41) is 3.06. The number of likely N-dealkylation sites (tertiary alicyclic amines) is 1. The fraction of sp³-hybridized carbons (Fsp3) is 0.500. The molecule has 1 unspecified atom stereocenters. The number of halogens is 2. The lowest BCUT2D eigenvalue weighted by molar-refractivity contribution is 0.0931. The molecule has 19 heavy (non-hydrogen) atoms. The molecule has 1 atom stereocenters. The van der Waals surface area contributed by atoms with Gasteiger partial charge in [0.15, 0.2) is 0 Å². The van der Waals surface area contributed by atoms with E-state index >= 15 is 0 Å². The highest BCUT2D eigenvalue weighted by Crippen LogP contribution is 2.21. The van der Waals surface area contributed by atoms with E-state index in [0.717, 1.165) is 28.6 Å². The standard InChI is InChI=1S/C14H18Br2N2O/c1-10(9-18-6-2-3-7-18)17-14(19)12-8-11(15)4-5-13(12)16/h4-5,8,10H,2-3,6-7,9H2,1H3,(H,17,19). The number of hydrogen-bond donors (Lipinski definition) is 1. The Bertz CT molecular complexity index is 459. The summed E-state index contributed by atoms with van der Waals surface area (Å²) in [4.78, 5) is 14.6. The van der Waals surface area contributed by atoms with E-state index in [-0.39, 0.29) is 11.9 Å². The van der Waals surface area contributed by atoms with Crippen molar-refractivity contribution >= 4 is 37.8 Å². The summed E-state index contributed by atoms with van der Waals surface area (Å²) in [6.07, 6.45) is 2.55. The van der Waals surface area contributed by atoms with E-state index in [2.05, 4.69) is 49.0 Å². The van der Waals surface area contributed by atoms with Gasteiger partial charge in [-0.2, -0.15) is 0 Å². The van der Waals surface area contributed by atoms with Gasteiger partial charge in [-0.1, -0.05) is 15.9 Å². The maximum absolute atomic E-state index is 12.2. The predicted octanol–water partition coefficient (Wildman–Crippen LogP) is 3.43. The zero-order valence-corrected chi connectivity index (χ0v) is 14.1. The third-order valence-corrected chi connectivity index (χ3v) is 4.47. The summed E-state index contributed by atoms with van der Waals surface area (Å²) in [5.41, 5.74) is 0.669. The Morgan fingerprint density at radius 2 is 2.05 bits per heavy atom. The molecule has 104 valence electrons. The van der Waals surface area contributed by atoms with E-state index in [4.69, 9.17) is 0 Å². The average molecular weight is 390 g/mol. The summed E-state index contributed by atoms with van der Waals surface area (Å²) >= 11 is 6.81. The van der Waals surface area contributed by atoms with Crippen LogP contribution in [0.25, 0.3) is 0 Å². The Morgan fingerprint density at radius 3 is 2.74 bits per heavy atom. The van der Waals surface area contributed by atoms with Gasteiger partial charge in [0.1, 0.15) is 0 Å². The van der Waals surface area contributed by atoms with Gasteiger partial charge in [-0.05, 0) is 67.0 Å². The molecule has 1 fully saturated rings. The molecule has 3 nitrogen and oxygen atoms in total. The van der Waals surface area contributed by atoms with Crippen molar-refractivity contribution in [1.82, 2.24) is 10.2 Å². The number of carbonyl (C=O) groups is 1. The topological polar surface area (TPSA) is 32.3 Å². The minimum Gasteiger partial charge on any atom is -0.348 e. The van der Waals surface area contributed by atoms with Gasteiger partial charge in [-0.3, -0.25) is 4.79 Å². The van der Waals surface area contributed by atoms with E-state index < -0.39 is 0 Å². The molecule has 1 aromatic carbocycles. The average Bonchev–Trinajstić information content (AvgIpc) is 2.84. The van der Waals surface area contributed by atoms with Crippen molar-refractivity contribution in [1.29, 1.82) is 0 Å². The van der Waals surface area contributed by atoms with Crippen molar-refractivity contribution in [2.45, 2.75) is 25.8 Å². The number of nitrogens with one attached hydrogen (secondary N) is 1. The maximum Gasteiger partial charge on any atom is 0.252 e. The van der Waals surface area contributed by atoms with E-state index in [0.29, 0.717) is 5.56 Å². The molecule has 2 rings (SSSR count). The molecular formula is C14H18Br2N2O. The molecule has 0 aliphatic carbocycles. The smallest absolute Gasteiger partial charge is 0.252 e. The molecule has 1 aliphatic heterocycles. The summed E-state index contributed by atoms with van der Waals surface area (Å²) in [6.45, 7) is 5.29. The molecule has 0 saturated carbocycles. The van der Waals surface area contributed by atoms with Crippen molar-refractivity contribution in [3.05, 3.63) is 32.7 Å². The molecule has 1 saturated heterocycles. The van der Waals surface area contributed by atoms with Crippen LogP contribution in [0.4, 0.5) is 0 Å². The predicted molar refractivity (Wildman–Crippen MR) is 84.4 cm³/mol. The number of carbonyl (C=O) groups excluding carboxylic acids is 1. The van der Waals surface area contributed by atoms with Crippen LogP contribution in [0.2, 0.25) is 0 Å². The fourth-order valence-corrected chi connectivity index (χ4v) is 3.16. The maximum atomic E-state index is 12.2. The number of amides is 1. The molecule has 0 spiro atoms. The molecule has 0 bridgehead atoms. The SMILES string of the molecule is CC(CN1CCCC1)NC(=O)c1cc(Br)ccc1Br. The normalized spacial score (nSPS) is 17.4. The van der Waals surface area contributed by atoms with Gasteiger partial charge in [0.2, 0.25) is 0 Å². The van der Waals surface area contributed by atoms with Crippen LogP contribution in [0.3, 0.4) is 0 Å². The summed E-state index contributed by atoms with van der Waals surface area (Å²) in [7, 11) is 0. The Morgan fingerprint density at radius 1 is 1.37 bits per heavy atom. The molecule has 1 amide bonds. The van der Waals surface area contributed by atoms with Crippen molar-refractivity contribution in [2.24, 2.45) is 0 Å². The van der Waals surface area contributed by atoms with Crippen LogP contribution in [0, 0.1) is 0 Å². The molecule has 0 radical (unpaired) electrons. The third-order valence-electron chi connectivity index (χ3n) is 3.28. The first-order valence-corrected chi connectivity index (χ1v) is 8.13. The van der Waals surface area contributed by atoms with Gasteiger partial charge < -0.3 is 10.2 Å². The molecule has 1 aliphatic rings. The van der Waals surface area contributed by atoms with Gasteiger partial charge in [0, 0.05) is 21.5 Å². The lowest BCUT2D eigenvalue weighted by Gasteiger charge is -2.21. The number of benzene rings is 1. The van der Waals surface area contributed by atoms with E-state index in [1.165, 1.54) is 12.8 Å². The van der Waals surface area contributed by atoms with Gasteiger partial charge in [-0.15, -0.1) is 0 Å². The largest absolute Gasteiger partial charge is 0.348 e.